The Kier molecular flexibility index (Phi) is 4.93. The molecule has 0 radical (unpaired) electrons. The Morgan fingerprint density at radius 2 is 1.48 bits per heavy atom. The minimum absolute atomic E-state index is 0.320. The van der Waals surface area contributed by atoms with Crippen LogP contribution in [0.4, 0.5) is 4.79 Å². The van der Waals surface area contributed by atoms with Gasteiger partial charge in [0.1, 0.15) is 0 Å². The van der Waals surface area contributed by atoms with Crippen LogP contribution in [0.25, 0.3) is 11.1 Å². The molecule has 3 rings (SSSR count). The van der Waals surface area contributed by atoms with Crippen LogP contribution >= 0.6 is 0 Å². The van der Waals surface area contributed by atoms with Gasteiger partial charge in [0.25, 0.3) is 0 Å². The molecule has 0 heterocycles. The number of carbonyl (C=O) groups is 2. The molecule has 0 aromatic heterocycles. The van der Waals surface area contributed by atoms with Crippen molar-refractivity contribution in [3.63, 3.8) is 0 Å². The van der Waals surface area contributed by atoms with Gasteiger partial charge in [0.15, 0.2) is 0 Å². The van der Waals surface area contributed by atoms with Crippen molar-refractivity contribution in [3.8, 4) is 11.1 Å². The maximum Gasteiger partial charge on any atom is 0.450 e. The fourth-order valence-electron chi connectivity index (χ4n) is 1.56. The fraction of sp³-hybridized carbons (Fsp3) is 0.125. The summed E-state index contributed by atoms with van der Waals surface area (Å²) in [4.78, 5) is 29.4. The van der Waals surface area contributed by atoms with E-state index in [9.17, 15) is 9.59 Å². The molecule has 0 fully saturated rings. The number of benzene rings is 2. The molecule has 5 heteroatoms. The standard InChI is InChI=1S/C10H11NO4.C6H4/c1-8(12)14-15-10(13)11-7-9-5-3-2-4-6-9;1-2-6-4-3-5(1)6/h2-6H,7H2,1H3,(H,11,13);1-4H. The summed E-state index contributed by atoms with van der Waals surface area (Å²) in [5.41, 5.74) is 3.78. The molecule has 2 aliphatic carbocycles. The third kappa shape index (κ3) is 4.65. The van der Waals surface area contributed by atoms with Crippen LogP contribution < -0.4 is 5.32 Å². The van der Waals surface area contributed by atoms with E-state index >= 15 is 0 Å². The third-order valence-corrected chi connectivity index (χ3v) is 2.73. The average molecular weight is 285 g/mol. The maximum atomic E-state index is 10.9. The highest BCUT2D eigenvalue weighted by Crippen LogP contribution is 2.29. The Hall–Kier alpha value is -2.82. The highest BCUT2D eigenvalue weighted by atomic mass is 17.2. The van der Waals surface area contributed by atoms with Gasteiger partial charge < -0.3 is 5.32 Å². The fourth-order valence-corrected chi connectivity index (χ4v) is 1.56. The summed E-state index contributed by atoms with van der Waals surface area (Å²) in [5, 5.41) is 2.42. The van der Waals surface area contributed by atoms with E-state index in [1.807, 2.05) is 30.3 Å². The van der Waals surface area contributed by atoms with Crippen LogP contribution in [0.3, 0.4) is 0 Å². The zero-order valence-corrected chi connectivity index (χ0v) is 11.5. The normalized spacial score (nSPS) is 9.76. The minimum Gasteiger partial charge on any atom is -0.314 e. The Morgan fingerprint density at radius 3 is 1.90 bits per heavy atom. The quantitative estimate of drug-likeness (QED) is 0.580. The summed E-state index contributed by atoms with van der Waals surface area (Å²) in [7, 11) is 0. The van der Waals surface area contributed by atoms with Gasteiger partial charge in [-0.25, -0.2) is 19.4 Å². The van der Waals surface area contributed by atoms with Gasteiger partial charge in [0, 0.05) is 13.5 Å². The van der Waals surface area contributed by atoms with Gasteiger partial charge in [0.05, 0.1) is 0 Å². The summed E-state index contributed by atoms with van der Waals surface area (Å²) < 4.78 is 0. The molecule has 108 valence electrons. The summed E-state index contributed by atoms with van der Waals surface area (Å²) in [6, 6.07) is 17.8. The molecule has 1 aromatic carbocycles. The van der Waals surface area contributed by atoms with E-state index in [1.165, 1.54) is 11.1 Å². The predicted octanol–water partition coefficient (Wildman–Crippen LogP) is 3.06. The largest absolute Gasteiger partial charge is 0.450 e. The Bertz CT molecular complexity index is 587. The van der Waals surface area contributed by atoms with Gasteiger partial charge in [0.2, 0.25) is 0 Å². The molecule has 1 N–H and O–H groups in total. The maximum absolute atomic E-state index is 10.9. The van der Waals surface area contributed by atoms with Gasteiger partial charge in [-0.1, -0.05) is 54.6 Å². The zero-order chi connectivity index (χ0) is 15.1. The molecule has 0 spiro atoms. The van der Waals surface area contributed by atoms with Crippen molar-refractivity contribution in [2.75, 3.05) is 0 Å². The second kappa shape index (κ2) is 7.09. The first kappa shape index (κ1) is 14.6. The lowest BCUT2D eigenvalue weighted by atomic mass is 9.95. The summed E-state index contributed by atoms with van der Waals surface area (Å²) in [6.07, 6.45) is -0.797. The first-order valence-corrected chi connectivity index (χ1v) is 6.42. The number of rotatable bonds is 2. The molecule has 0 saturated carbocycles. The van der Waals surface area contributed by atoms with Crippen molar-refractivity contribution >= 4 is 12.1 Å². The van der Waals surface area contributed by atoms with E-state index in [0.717, 1.165) is 12.5 Å². The lowest BCUT2D eigenvalue weighted by Crippen LogP contribution is -2.24. The first-order valence-electron chi connectivity index (χ1n) is 6.42. The van der Waals surface area contributed by atoms with Crippen molar-refractivity contribution < 1.29 is 19.4 Å². The number of nitrogens with one attached hydrogen (secondary N) is 1. The van der Waals surface area contributed by atoms with Crippen molar-refractivity contribution in [3.05, 3.63) is 60.2 Å². The smallest absolute Gasteiger partial charge is 0.314 e. The second-order valence-electron chi connectivity index (χ2n) is 4.36. The van der Waals surface area contributed by atoms with Crippen LogP contribution in [-0.2, 0) is 21.1 Å². The molecular weight excluding hydrogens is 270 g/mol. The SMILES string of the molecule is CC(=O)OOC(=O)NCc1ccccc1.c1cc2ccc1-2. The van der Waals surface area contributed by atoms with Crippen LogP contribution in [0, 0.1) is 0 Å². The highest BCUT2D eigenvalue weighted by Gasteiger charge is 2.05. The van der Waals surface area contributed by atoms with Crippen LogP contribution in [0.2, 0.25) is 0 Å². The van der Waals surface area contributed by atoms with Crippen LogP contribution in [0.15, 0.2) is 54.6 Å². The lowest BCUT2D eigenvalue weighted by molar-refractivity contribution is -0.229. The van der Waals surface area contributed by atoms with Crippen molar-refractivity contribution in [1.82, 2.24) is 5.32 Å². The monoisotopic (exact) mass is 285 g/mol. The molecule has 1 amide bonds. The Morgan fingerprint density at radius 1 is 0.905 bits per heavy atom. The molecule has 21 heavy (non-hydrogen) atoms. The number of fused-ring (bicyclic) bond motifs is 1. The molecule has 0 saturated heterocycles. The average Bonchev–Trinajstić information content (AvgIpc) is 2.48. The Labute approximate surface area is 122 Å². The van der Waals surface area contributed by atoms with Crippen LogP contribution in [0.5, 0.6) is 0 Å². The Balaban J connectivity index is 0.000000218. The van der Waals surface area contributed by atoms with E-state index in [-0.39, 0.29) is 0 Å². The van der Waals surface area contributed by atoms with Gasteiger partial charge in [-0.15, -0.1) is 0 Å². The van der Waals surface area contributed by atoms with E-state index in [0.29, 0.717) is 6.54 Å². The molecule has 0 aliphatic heterocycles. The van der Waals surface area contributed by atoms with Gasteiger partial charge in [-0.3, -0.25) is 0 Å². The predicted molar refractivity (Wildman–Crippen MR) is 77.0 cm³/mol. The molecule has 0 bridgehead atoms. The molecule has 0 unspecified atom stereocenters. The summed E-state index contributed by atoms with van der Waals surface area (Å²) in [5.74, 6) is -0.676. The van der Waals surface area contributed by atoms with Crippen molar-refractivity contribution in [2.24, 2.45) is 0 Å². The van der Waals surface area contributed by atoms with E-state index in [2.05, 4.69) is 39.4 Å². The van der Waals surface area contributed by atoms with Crippen molar-refractivity contribution in [2.45, 2.75) is 13.5 Å². The zero-order valence-electron chi connectivity index (χ0n) is 11.5. The number of hydrogen-bond donors (Lipinski definition) is 1. The van der Waals surface area contributed by atoms with E-state index in [1.54, 1.807) is 0 Å². The molecule has 5 nitrogen and oxygen atoms in total. The third-order valence-electron chi connectivity index (χ3n) is 2.73. The molecule has 0 atom stereocenters. The van der Waals surface area contributed by atoms with E-state index < -0.39 is 12.1 Å². The highest BCUT2D eigenvalue weighted by molar-refractivity contribution is 5.75. The molecule has 1 aromatic rings. The summed E-state index contributed by atoms with van der Waals surface area (Å²) >= 11 is 0. The minimum atomic E-state index is -0.797. The summed E-state index contributed by atoms with van der Waals surface area (Å²) in [6.45, 7) is 1.46. The van der Waals surface area contributed by atoms with Crippen LogP contribution in [0.1, 0.15) is 12.5 Å². The molecule has 2 aliphatic rings. The van der Waals surface area contributed by atoms with Crippen LogP contribution in [-0.4, -0.2) is 12.1 Å². The lowest BCUT2D eigenvalue weighted by Gasteiger charge is -2.10. The number of amides is 1. The molecular formula is C16H15NO4. The van der Waals surface area contributed by atoms with Gasteiger partial charge in [-0.2, -0.15) is 0 Å². The number of hydrogen-bond acceptors (Lipinski definition) is 4. The number of carbonyl (C=O) groups excluding carboxylic acids is 2. The topological polar surface area (TPSA) is 64.6 Å². The van der Waals surface area contributed by atoms with Gasteiger partial charge in [-0.05, 0) is 16.7 Å². The van der Waals surface area contributed by atoms with E-state index in [4.69, 9.17) is 0 Å². The van der Waals surface area contributed by atoms with Gasteiger partial charge >= 0.3 is 12.1 Å². The van der Waals surface area contributed by atoms with Crippen molar-refractivity contribution in [1.29, 1.82) is 0 Å². The first-order chi connectivity index (χ1) is 10.1. The second-order valence-corrected chi connectivity index (χ2v) is 4.36.